The molecule has 8 nitrogen and oxygen atoms in total. The molecule has 0 bridgehead atoms. The van der Waals surface area contributed by atoms with Gasteiger partial charge in [-0.2, -0.15) is 36.0 Å². The van der Waals surface area contributed by atoms with Gasteiger partial charge in [0.05, 0.1) is 22.4 Å². The Bertz CT molecular complexity index is 1320. The lowest BCUT2D eigenvalue weighted by molar-refractivity contribution is -0.139. The van der Waals surface area contributed by atoms with Crippen LogP contribution in [0.5, 0.6) is 0 Å². The van der Waals surface area contributed by atoms with E-state index >= 15 is 0 Å². The van der Waals surface area contributed by atoms with Crippen molar-refractivity contribution in [3.05, 3.63) is 45.5 Å². The fraction of sp³-hybridized carbons (Fsp3) is 0.400. The van der Waals surface area contributed by atoms with Crippen molar-refractivity contribution in [2.24, 2.45) is 0 Å². The Labute approximate surface area is 188 Å². The van der Waals surface area contributed by atoms with Crippen LogP contribution in [0.1, 0.15) is 23.6 Å². The first-order chi connectivity index (χ1) is 15.8. The fourth-order valence-electron chi connectivity index (χ4n) is 4.14. The van der Waals surface area contributed by atoms with Crippen molar-refractivity contribution in [3.8, 4) is 11.3 Å². The number of pyridine rings is 2. The average molecular weight is 487 g/mol. The monoisotopic (exact) mass is 487 g/mol. The molecule has 182 valence electrons. The second kappa shape index (κ2) is 8.11. The van der Waals surface area contributed by atoms with Gasteiger partial charge in [-0.3, -0.25) is 4.79 Å². The van der Waals surface area contributed by atoms with Crippen molar-refractivity contribution >= 4 is 17.2 Å². The maximum Gasteiger partial charge on any atom is 0.418 e. The van der Waals surface area contributed by atoms with E-state index in [2.05, 4.69) is 20.4 Å². The van der Waals surface area contributed by atoms with E-state index in [1.807, 2.05) is 6.92 Å². The molecule has 0 spiro atoms. The summed E-state index contributed by atoms with van der Waals surface area (Å²) in [6.07, 6.45) is -9.31. The Balaban J connectivity index is 2.12. The first-order valence-corrected chi connectivity index (χ1v) is 10.1. The summed E-state index contributed by atoms with van der Waals surface area (Å²) in [7, 11) is 0. The molecule has 14 heteroatoms. The van der Waals surface area contributed by atoms with Gasteiger partial charge in [0.15, 0.2) is 5.82 Å². The predicted molar refractivity (Wildman–Crippen MR) is 111 cm³/mol. The van der Waals surface area contributed by atoms with E-state index in [0.29, 0.717) is 30.2 Å². The van der Waals surface area contributed by atoms with Gasteiger partial charge in [0.1, 0.15) is 17.7 Å². The second-order valence-electron chi connectivity index (χ2n) is 7.95. The normalized spacial score (nSPS) is 17.4. The molecule has 3 aromatic rings. The molecule has 4 heterocycles. The van der Waals surface area contributed by atoms with Crippen molar-refractivity contribution < 1.29 is 26.3 Å². The van der Waals surface area contributed by atoms with E-state index in [0.717, 1.165) is 19.3 Å². The summed E-state index contributed by atoms with van der Waals surface area (Å²) in [5, 5.41) is 6.88. The van der Waals surface area contributed by atoms with Crippen LogP contribution >= 0.6 is 0 Å². The lowest BCUT2D eigenvalue weighted by atomic mass is 9.97. The number of nitrogens with two attached hydrogens (primary N) is 1. The number of halogens is 6. The summed E-state index contributed by atoms with van der Waals surface area (Å²) >= 11 is 0. The molecule has 1 saturated heterocycles. The van der Waals surface area contributed by atoms with Gasteiger partial charge in [-0.15, -0.1) is 0 Å². The fourth-order valence-corrected chi connectivity index (χ4v) is 4.14. The highest BCUT2D eigenvalue weighted by molar-refractivity contribution is 5.77. The van der Waals surface area contributed by atoms with Gasteiger partial charge in [-0.25, -0.2) is 9.97 Å². The van der Waals surface area contributed by atoms with Crippen LogP contribution in [0.25, 0.3) is 16.8 Å². The Hall–Kier alpha value is -3.42. The van der Waals surface area contributed by atoms with Gasteiger partial charge in [-0.05, 0) is 31.5 Å². The summed E-state index contributed by atoms with van der Waals surface area (Å²) in [6.45, 7) is 4.28. The number of piperazine rings is 1. The SMILES string of the molecule is Cc1cc(N)nc(-c2c(C(F)(F)F)cc3c(N4CCNC[C@@H]4C)ncnn3c2=O)c1C(F)(F)F. The molecule has 1 aliphatic rings. The molecule has 1 atom stereocenters. The van der Waals surface area contributed by atoms with Gasteiger partial charge in [0.25, 0.3) is 5.56 Å². The van der Waals surface area contributed by atoms with Gasteiger partial charge >= 0.3 is 12.4 Å². The highest BCUT2D eigenvalue weighted by atomic mass is 19.4. The molecule has 34 heavy (non-hydrogen) atoms. The molecule has 3 aromatic heterocycles. The second-order valence-corrected chi connectivity index (χ2v) is 7.95. The lowest BCUT2D eigenvalue weighted by Gasteiger charge is -2.35. The number of anilines is 2. The molecule has 1 fully saturated rings. The first-order valence-electron chi connectivity index (χ1n) is 10.1. The van der Waals surface area contributed by atoms with Crippen LogP contribution in [0.4, 0.5) is 38.0 Å². The molecule has 0 aliphatic carbocycles. The van der Waals surface area contributed by atoms with Gasteiger partial charge in [-0.1, -0.05) is 0 Å². The summed E-state index contributed by atoms with van der Waals surface area (Å²) in [6, 6.07) is 1.29. The molecular formula is C20H19F6N7O. The van der Waals surface area contributed by atoms with Crippen molar-refractivity contribution in [2.75, 3.05) is 30.3 Å². The zero-order valence-electron chi connectivity index (χ0n) is 17.9. The number of nitrogen functional groups attached to an aromatic ring is 1. The quantitative estimate of drug-likeness (QED) is 0.536. The summed E-state index contributed by atoms with van der Waals surface area (Å²) in [4.78, 5) is 22.6. The van der Waals surface area contributed by atoms with Crippen LogP contribution in [0, 0.1) is 6.92 Å². The smallest absolute Gasteiger partial charge is 0.384 e. The Kier molecular flexibility index (Phi) is 5.66. The lowest BCUT2D eigenvalue weighted by Crippen LogP contribution is -2.50. The number of alkyl halides is 6. The number of nitrogens with one attached hydrogen (secondary N) is 1. The van der Waals surface area contributed by atoms with E-state index in [1.54, 1.807) is 4.90 Å². The third kappa shape index (κ3) is 4.02. The number of aryl methyl sites for hydroxylation is 1. The first kappa shape index (κ1) is 23.7. The van der Waals surface area contributed by atoms with E-state index < -0.39 is 51.7 Å². The maximum atomic E-state index is 14.2. The number of aromatic nitrogens is 4. The maximum absolute atomic E-state index is 14.2. The highest BCUT2D eigenvalue weighted by Crippen LogP contribution is 2.43. The number of nitrogens with zero attached hydrogens (tertiary/aromatic N) is 5. The Morgan fingerprint density at radius 1 is 1.15 bits per heavy atom. The number of rotatable bonds is 2. The Morgan fingerprint density at radius 2 is 1.85 bits per heavy atom. The molecular weight excluding hydrogens is 468 g/mol. The molecule has 0 unspecified atom stereocenters. The number of hydrogen-bond donors (Lipinski definition) is 2. The standard InChI is InChI=1S/C20H19F6N7O/c1-9-5-13(27)31-16(15(9)20(24,25)26)14-11(19(21,22)23)6-12-17(29-8-30-33(12)18(14)34)32-4-3-28-7-10(32)2/h5-6,8,10,28H,3-4,7H2,1-2H3,(H2,27,31)/t10-/m0/s1. The van der Waals surface area contributed by atoms with E-state index in [4.69, 9.17) is 5.73 Å². The van der Waals surface area contributed by atoms with Crippen LogP contribution in [-0.4, -0.2) is 45.3 Å². The topological polar surface area (TPSA) is 101 Å². The van der Waals surface area contributed by atoms with E-state index in [9.17, 15) is 31.1 Å². The van der Waals surface area contributed by atoms with E-state index in [-0.39, 0.29) is 17.4 Å². The summed E-state index contributed by atoms with van der Waals surface area (Å²) < 4.78 is 84.6. The molecule has 0 radical (unpaired) electrons. The van der Waals surface area contributed by atoms with E-state index in [1.165, 1.54) is 0 Å². The van der Waals surface area contributed by atoms with Crippen LogP contribution in [-0.2, 0) is 12.4 Å². The van der Waals surface area contributed by atoms with Gasteiger partial charge < -0.3 is 16.0 Å². The minimum atomic E-state index is -5.19. The molecule has 4 rings (SSSR count). The zero-order valence-corrected chi connectivity index (χ0v) is 17.9. The van der Waals surface area contributed by atoms with Crippen LogP contribution in [0.2, 0.25) is 0 Å². The molecule has 1 aliphatic heterocycles. The summed E-state index contributed by atoms with van der Waals surface area (Å²) in [5.74, 6) is -0.401. The van der Waals surface area contributed by atoms with Crippen molar-refractivity contribution in [1.29, 1.82) is 0 Å². The molecule has 3 N–H and O–H groups in total. The van der Waals surface area contributed by atoms with Crippen LogP contribution < -0.4 is 21.5 Å². The number of hydrogen-bond acceptors (Lipinski definition) is 7. The number of fused-ring (bicyclic) bond motifs is 1. The molecule has 0 amide bonds. The predicted octanol–water partition coefficient (Wildman–Crippen LogP) is 2.88. The molecule has 0 aromatic carbocycles. The summed E-state index contributed by atoms with van der Waals surface area (Å²) in [5.41, 5.74) is -2.16. The molecule has 0 saturated carbocycles. The minimum Gasteiger partial charge on any atom is -0.384 e. The third-order valence-corrected chi connectivity index (χ3v) is 5.60. The van der Waals surface area contributed by atoms with Crippen molar-refractivity contribution in [2.45, 2.75) is 32.2 Å². The average Bonchev–Trinajstić information content (AvgIpc) is 2.71. The largest absolute Gasteiger partial charge is 0.418 e. The van der Waals surface area contributed by atoms with Gasteiger partial charge in [0, 0.05) is 25.7 Å². The van der Waals surface area contributed by atoms with Gasteiger partial charge in [0.2, 0.25) is 0 Å². The minimum absolute atomic E-state index is 0.0610. The Morgan fingerprint density at radius 3 is 2.47 bits per heavy atom. The zero-order chi connectivity index (χ0) is 25.0. The van der Waals surface area contributed by atoms with Crippen molar-refractivity contribution in [3.63, 3.8) is 0 Å². The highest BCUT2D eigenvalue weighted by Gasteiger charge is 2.42. The van der Waals surface area contributed by atoms with Crippen LogP contribution in [0.3, 0.4) is 0 Å². The van der Waals surface area contributed by atoms with Crippen LogP contribution in [0.15, 0.2) is 23.3 Å². The van der Waals surface area contributed by atoms with Crippen molar-refractivity contribution in [1.82, 2.24) is 24.9 Å². The third-order valence-electron chi connectivity index (χ3n) is 5.60.